The first-order chi connectivity index (χ1) is 15.7. The molecule has 32 heavy (non-hydrogen) atoms. The Bertz CT molecular complexity index is 1010. The number of ether oxygens (including phenoxy) is 1. The van der Waals surface area contributed by atoms with Gasteiger partial charge in [-0.2, -0.15) is 10.1 Å². The topological polar surface area (TPSA) is 51.8 Å². The van der Waals surface area contributed by atoms with Crippen molar-refractivity contribution in [2.24, 2.45) is 9.98 Å². The van der Waals surface area contributed by atoms with E-state index in [0.717, 1.165) is 49.4 Å². The van der Waals surface area contributed by atoms with Gasteiger partial charge in [0.05, 0.1) is 29.1 Å². The van der Waals surface area contributed by atoms with Crippen LogP contribution in [0.15, 0.2) is 34.4 Å². The Balaban J connectivity index is 1.54. The van der Waals surface area contributed by atoms with Gasteiger partial charge >= 0.3 is 0 Å². The first-order valence-corrected chi connectivity index (χ1v) is 12.0. The molecule has 1 aliphatic heterocycles. The molecule has 5 rings (SSSR count). The van der Waals surface area contributed by atoms with Gasteiger partial charge in [-0.3, -0.25) is 4.68 Å². The molecule has 0 radical (unpaired) electrons. The number of aromatic nitrogens is 2. The normalized spacial score (nSPS) is 20.9. The van der Waals surface area contributed by atoms with Crippen LogP contribution in [0.5, 0.6) is 0 Å². The predicted octanol–water partition coefficient (Wildman–Crippen LogP) is 6.29. The molecule has 5 nitrogen and oxygen atoms in total. The minimum atomic E-state index is -0.544. The molecule has 2 aromatic rings. The van der Waals surface area contributed by atoms with Crippen molar-refractivity contribution in [3.8, 4) is 0 Å². The Morgan fingerprint density at radius 1 is 0.875 bits per heavy atom. The average molecular weight is 441 g/mol. The van der Waals surface area contributed by atoms with Gasteiger partial charge in [-0.15, -0.1) is 0 Å². The summed E-state index contributed by atoms with van der Waals surface area (Å²) in [6.07, 6.45) is 15.2. The maximum Gasteiger partial charge on any atom is 0.228 e. The van der Waals surface area contributed by atoms with Gasteiger partial charge in [0.2, 0.25) is 5.90 Å². The smallest absolute Gasteiger partial charge is 0.228 e. The van der Waals surface area contributed by atoms with Crippen molar-refractivity contribution in [2.75, 3.05) is 6.73 Å². The fraction of sp³-hybridized carbons (Fsp3) is 0.560. The van der Waals surface area contributed by atoms with E-state index < -0.39 is 11.6 Å². The molecule has 7 heteroatoms. The van der Waals surface area contributed by atoms with Gasteiger partial charge in [0, 0.05) is 5.92 Å². The van der Waals surface area contributed by atoms with Crippen LogP contribution in [0, 0.1) is 11.6 Å². The van der Waals surface area contributed by atoms with E-state index in [0.29, 0.717) is 17.9 Å². The molecule has 1 aromatic heterocycles. The summed E-state index contributed by atoms with van der Waals surface area (Å²) in [5.41, 5.74) is 2.15. The lowest BCUT2D eigenvalue weighted by atomic mass is 9.91. The van der Waals surface area contributed by atoms with Gasteiger partial charge < -0.3 is 4.74 Å². The predicted molar refractivity (Wildman–Crippen MR) is 120 cm³/mol. The Kier molecular flexibility index (Phi) is 6.32. The second kappa shape index (κ2) is 9.51. The van der Waals surface area contributed by atoms with E-state index in [1.54, 1.807) is 0 Å². The molecule has 0 amide bonds. The maximum absolute atomic E-state index is 14.4. The lowest BCUT2D eigenvalue weighted by Gasteiger charge is -2.27. The summed E-state index contributed by atoms with van der Waals surface area (Å²) in [5.74, 6) is -0.0643. The zero-order valence-corrected chi connectivity index (χ0v) is 18.4. The molecular formula is C25H30F2N4O. The van der Waals surface area contributed by atoms with Gasteiger partial charge in [0.25, 0.3) is 0 Å². The minimum absolute atomic E-state index is 0.0306. The molecule has 170 valence electrons. The highest BCUT2D eigenvalue weighted by atomic mass is 19.1. The van der Waals surface area contributed by atoms with E-state index in [2.05, 4.69) is 14.7 Å². The average Bonchev–Trinajstić information content (AvgIpc) is 3.09. The van der Waals surface area contributed by atoms with Crippen LogP contribution < -0.4 is 0 Å². The number of benzene rings is 1. The maximum atomic E-state index is 14.4. The molecule has 2 saturated carbocycles. The zero-order chi connectivity index (χ0) is 21.9. The first-order valence-electron chi connectivity index (χ1n) is 12.0. The monoisotopic (exact) mass is 440 g/mol. The third-order valence-electron chi connectivity index (χ3n) is 7.02. The summed E-state index contributed by atoms with van der Waals surface area (Å²) < 4.78 is 36.2. The van der Waals surface area contributed by atoms with Gasteiger partial charge in [-0.25, -0.2) is 13.8 Å². The second-order valence-electron chi connectivity index (χ2n) is 9.16. The van der Waals surface area contributed by atoms with Crippen LogP contribution in [-0.4, -0.2) is 28.2 Å². The van der Waals surface area contributed by atoms with Crippen molar-refractivity contribution in [3.63, 3.8) is 0 Å². The number of halogens is 2. The number of hydrogen-bond acceptors (Lipinski definition) is 4. The van der Waals surface area contributed by atoms with Crippen molar-refractivity contribution in [2.45, 2.75) is 82.6 Å². The van der Waals surface area contributed by atoms with E-state index in [9.17, 15) is 8.78 Å². The Morgan fingerprint density at radius 3 is 2.38 bits per heavy atom. The van der Waals surface area contributed by atoms with Crippen molar-refractivity contribution in [1.29, 1.82) is 0 Å². The van der Waals surface area contributed by atoms with E-state index in [-0.39, 0.29) is 18.1 Å². The summed E-state index contributed by atoms with van der Waals surface area (Å²) in [7, 11) is 0. The summed E-state index contributed by atoms with van der Waals surface area (Å²) in [4.78, 5) is 8.75. The Labute approximate surface area is 187 Å². The fourth-order valence-corrected chi connectivity index (χ4v) is 5.38. The quantitative estimate of drug-likeness (QED) is 0.525. The van der Waals surface area contributed by atoms with Crippen molar-refractivity contribution in [1.82, 2.24) is 9.78 Å². The molecule has 0 N–H and O–H groups in total. The number of hydrogen-bond donors (Lipinski definition) is 0. The molecule has 3 aliphatic rings. The highest BCUT2D eigenvalue weighted by Gasteiger charge is 2.30. The first kappa shape index (κ1) is 21.3. The second-order valence-corrected chi connectivity index (χ2v) is 9.16. The molecular weight excluding hydrogens is 410 g/mol. The third-order valence-corrected chi connectivity index (χ3v) is 7.02. The Hall–Kier alpha value is -2.57. The minimum Gasteiger partial charge on any atom is -0.454 e. The van der Waals surface area contributed by atoms with Crippen LogP contribution in [0.2, 0.25) is 0 Å². The van der Waals surface area contributed by atoms with Crippen molar-refractivity contribution in [3.05, 3.63) is 52.9 Å². The third kappa shape index (κ3) is 4.34. The van der Waals surface area contributed by atoms with Crippen LogP contribution >= 0.6 is 0 Å². The lowest BCUT2D eigenvalue weighted by Crippen LogP contribution is -2.22. The fourth-order valence-electron chi connectivity index (χ4n) is 5.38. The largest absolute Gasteiger partial charge is 0.454 e. The molecule has 2 aliphatic carbocycles. The standard InChI is InChI=1S/C25H30F2N4O/c26-18-12-13-22(27)20(14-18)24-28-16-32-25(30-24)21-15-29-31(19-10-6-3-7-11-19)23(21)17-8-4-1-2-5-9-17/h12-15,17,19H,1-11,16H2. The van der Waals surface area contributed by atoms with Crippen LogP contribution in [-0.2, 0) is 4.74 Å². The van der Waals surface area contributed by atoms with Crippen LogP contribution in [0.4, 0.5) is 8.78 Å². The van der Waals surface area contributed by atoms with E-state index >= 15 is 0 Å². The van der Waals surface area contributed by atoms with Crippen LogP contribution in [0.1, 0.15) is 99.4 Å². The molecule has 2 heterocycles. The molecule has 2 fully saturated rings. The van der Waals surface area contributed by atoms with E-state index in [1.807, 2.05) is 6.20 Å². The van der Waals surface area contributed by atoms with Gasteiger partial charge in [-0.05, 0) is 43.9 Å². The number of rotatable bonds is 4. The van der Waals surface area contributed by atoms with Crippen molar-refractivity contribution < 1.29 is 13.5 Å². The number of nitrogens with zero attached hydrogens (tertiary/aromatic N) is 4. The summed E-state index contributed by atoms with van der Waals surface area (Å²) in [6, 6.07) is 3.75. The highest BCUT2D eigenvalue weighted by molar-refractivity contribution is 6.10. The summed E-state index contributed by atoms with van der Waals surface area (Å²) in [5, 5.41) is 4.83. The number of aliphatic imine (C=N–C) groups is 2. The summed E-state index contributed by atoms with van der Waals surface area (Å²) >= 11 is 0. The highest BCUT2D eigenvalue weighted by Crippen LogP contribution is 2.38. The molecule has 0 spiro atoms. The van der Waals surface area contributed by atoms with Gasteiger partial charge in [0.15, 0.2) is 12.6 Å². The summed E-state index contributed by atoms with van der Waals surface area (Å²) in [6.45, 7) is 0.0306. The molecule has 0 bridgehead atoms. The van der Waals surface area contributed by atoms with Gasteiger partial charge in [-0.1, -0.05) is 44.9 Å². The van der Waals surface area contributed by atoms with Crippen LogP contribution in [0.3, 0.4) is 0 Å². The molecule has 0 atom stereocenters. The molecule has 1 aromatic carbocycles. The molecule has 0 saturated heterocycles. The molecule has 0 unspecified atom stereocenters. The lowest BCUT2D eigenvalue weighted by molar-refractivity contribution is 0.308. The van der Waals surface area contributed by atoms with E-state index in [1.165, 1.54) is 50.6 Å². The Morgan fingerprint density at radius 2 is 1.59 bits per heavy atom. The SMILES string of the molecule is Fc1ccc(F)c(C2=NCOC(c3cnn(C4CCCCC4)c3C3CCCCCC3)=N2)c1. The van der Waals surface area contributed by atoms with Gasteiger partial charge in [0.1, 0.15) is 11.6 Å². The van der Waals surface area contributed by atoms with Crippen LogP contribution in [0.25, 0.3) is 0 Å². The number of amidine groups is 1. The zero-order valence-electron chi connectivity index (χ0n) is 18.4. The van der Waals surface area contributed by atoms with E-state index in [4.69, 9.17) is 9.84 Å². The van der Waals surface area contributed by atoms with Crippen molar-refractivity contribution >= 4 is 11.7 Å².